The Morgan fingerprint density at radius 2 is 1.59 bits per heavy atom. The number of benzene rings is 2. The molecule has 196 valence electrons. The number of fused-ring (bicyclic) bond motifs is 3. The Morgan fingerprint density at radius 1 is 0.946 bits per heavy atom. The molecule has 3 saturated heterocycles. The Balaban J connectivity index is 1.18. The highest BCUT2D eigenvalue weighted by Crippen LogP contribution is 2.45. The van der Waals surface area contributed by atoms with Crippen LogP contribution in [0.4, 0.5) is 4.79 Å². The predicted molar refractivity (Wildman–Crippen MR) is 149 cm³/mol. The maximum atomic E-state index is 12.6. The van der Waals surface area contributed by atoms with E-state index in [4.69, 9.17) is 4.98 Å². The fourth-order valence-corrected chi connectivity index (χ4v) is 7.67. The smallest absolute Gasteiger partial charge is 0.319 e. The van der Waals surface area contributed by atoms with Gasteiger partial charge < -0.3 is 14.4 Å². The number of urea groups is 1. The van der Waals surface area contributed by atoms with E-state index in [0.717, 1.165) is 43.8 Å². The van der Waals surface area contributed by atoms with E-state index in [1.54, 1.807) is 4.90 Å². The maximum absolute atomic E-state index is 12.6. The number of aryl methyl sites for hydroxylation is 1. The molecule has 6 rings (SSSR count). The first-order valence-corrected chi connectivity index (χ1v) is 14.2. The van der Waals surface area contributed by atoms with E-state index in [1.165, 1.54) is 43.2 Å². The van der Waals surface area contributed by atoms with Crippen molar-refractivity contribution in [2.45, 2.75) is 75.4 Å². The molecule has 1 unspecified atom stereocenters. The molecule has 2 aromatic carbocycles. The third kappa shape index (κ3) is 4.43. The van der Waals surface area contributed by atoms with Crippen molar-refractivity contribution in [2.24, 2.45) is 0 Å². The number of para-hydroxylation sites is 2. The summed E-state index contributed by atoms with van der Waals surface area (Å²) in [5.41, 5.74) is 4.02. The molecule has 3 aliphatic heterocycles. The minimum absolute atomic E-state index is 0.143. The molecular weight excluding hydrogens is 458 g/mol. The number of aromatic nitrogens is 2. The second kappa shape index (κ2) is 9.79. The van der Waals surface area contributed by atoms with Gasteiger partial charge in [-0.3, -0.25) is 4.90 Å². The number of carbonyl (C=O) groups excluding carboxylic acids is 1. The predicted octanol–water partition coefficient (Wildman–Crippen LogP) is 5.62. The molecule has 4 heterocycles. The van der Waals surface area contributed by atoms with Gasteiger partial charge in [-0.2, -0.15) is 0 Å². The van der Waals surface area contributed by atoms with Crippen LogP contribution in [-0.2, 0) is 5.41 Å². The molecule has 37 heavy (non-hydrogen) atoms. The Hall–Kier alpha value is -2.86. The minimum atomic E-state index is 0.143. The van der Waals surface area contributed by atoms with Crippen LogP contribution in [0.25, 0.3) is 11.0 Å². The second-order valence-electron chi connectivity index (χ2n) is 11.8. The molecule has 0 N–H and O–H groups in total. The van der Waals surface area contributed by atoms with Crippen LogP contribution < -0.4 is 0 Å². The number of piperidine rings is 2. The first-order chi connectivity index (χ1) is 17.9. The molecule has 6 nitrogen and oxygen atoms in total. The van der Waals surface area contributed by atoms with Crippen molar-refractivity contribution in [1.29, 1.82) is 0 Å². The number of hydrogen-bond donors (Lipinski definition) is 0. The van der Waals surface area contributed by atoms with Gasteiger partial charge in [-0.05, 0) is 81.5 Å². The fourth-order valence-electron chi connectivity index (χ4n) is 7.67. The summed E-state index contributed by atoms with van der Waals surface area (Å²) in [4.78, 5) is 24.1. The van der Waals surface area contributed by atoms with Crippen LogP contribution in [0.2, 0.25) is 0 Å². The number of imidazole rings is 1. The molecule has 0 aliphatic carbocycles. The zero-order chi connectivity index (χ0) is 25.6. The number of amides is 2. The van der Waals surface area contributed by atoms with Crippen molar-refractivity contribution in [3.05, 3.63) is 66.0 Å². The monoisotopic (exact) mass is 499 g/mol. The molecule has 3 aliphatic rings. The molecule has 6 heteroatoms. The van der Waals surface area contributed by atoms with Gasteiger partial charge in [-0.25, -0.2) is 9.78 Å². The SMILES string of the molecule is Cc1nc2ccccc2n1C1C[C@H]2CC[C@@H](C1)N2CCC1(c2ccccc2)CCN(C(=O)N(C)C)CC1. The van der Waals surface area contributed by atoms with Gasteiger partial charge in [0.2, 0.25) is 0 Å². The van der Waals surface area contributed by atoms with Gasteiger partial charge in [0, 0.05) is 45.3 Å². The van der Waals surface area contributed by atoms with E-state index < -0.39 is 0 Å². The average molecular weight is 500 g/mol. The second-order valence-corrected chi connectivity index (χ2v) is 11.8. The fraction of sp³-hybridized carbons (Fsp3) is 0.548. The lowest BCUT2D eigenvalue weighted by atomic mass is 9.70. The molecule has 1 aromatic heterocycles. The molecule has 0 saturated carbocycles. The molecule has 2 amide bonds. The Labute approximate surface area is 221 Å². The Kier molecular flexibility index (Phi) is 6.47. The number of carbonyl (C=O) groups is 1. The normalized spacial score (nSPS) is 25.5. The van der Waals surface area contributed by atoms with Gasteiger partial charge in [0.1, 0.15) is 5.82 Å². The van der Waals surface area contributed by atoms with Gasteiger partial charge in [-0.15, -0.1) is 0 Å². The van der Waals surface area contributed by atoms with E-state index in [0.29, 0.717) is 18.1 Å². The topological polar surface area (TPSA) is 44.6 Å². The zero-order valence-electron chi connectivity index (χ0n) is 22.6. The number of hydrogen-bond acceptors (Lipinski definition) is 3. The van der Waals surface area contributed by atoms with Crippen LogP contribution in [-0.4, -0.2) is 76.1 Å². The van der Waals surface area contributed by atoms with E-state index in [-0.39, 0.29) is 11.4 Å². The Bertz CT molecular complexity index is 1230. The highest BCUT2D eigenvalue weighted by atomic mass is 16.2. The summed E-state index contributed by atoms with van der Waals surface area (Å²) in [7, 11) is 3.71. The summed E-state index contributed by atoms with van der Waals surface area (Å²) in [6.45, 7) is 5.01. The zero-order valence-corrected chi connectivity index (χ0v) is 22.6. The van der Waals surface area contributed by atoms with Crippen molar-refractivity contribution < 1.29 is 4.79 Å². The summed E-state index contributed by atoms with van der Waals surface area (Å²) < 4.78 is 2.53. The first kappa shape index (κ1) is 24.5. The van der Waals surface area contributed by atoms with Crippen LogP contribution >= 0.6 is 0 Å². The summed E-state index contributed by atoms with van der Waals surface area (Å²) in [6.07, 6.45) is 8.34. The van der Waals surface area contributed by atoms with Crippen LogP contribution in [0.3, 0.4) is 0 Å². The lowest BCUT2D eigenvalue weighted by molar-refractivity contribution is 0.0837. The average Bonchev–Trinajstić information content (AvgIpc) is 3.38. The van der Waals surface area contributed by atoms with Gasteiger partial charge in [0.05, 0.1) is 11.0 Å². The van der Waals surface area contributed by atoms with E-state index >= 15 is 0 Å². The van der Waals surface area contributed by atoms with Crippen molar-refractivity contribution in [1.82, 2.24) is 24.3 Å². The number of rotatable bonds is 5. The summed E-state index contributed by atoms with van der Waals surface area (Å²) in [5.74, 6) is 1.15. The van der Waals surface area contributed by atoms with Gasteiger partial charge >= 0.3 is 6.03 Å². The molecule has 3 atom stereocenters. The highest BCUT2D eigenvalue weighted by Gasteiger charge is 2.44. The van der Waals surface area contributed by atoms with Gasteiger partial charge in [-0.1, -0.05) is 42.5 Å². The molecule has 3 fully saturated rings. The Morgan fingerprint density at radius 3 is 2.27 bits per heavy atom. The lowest BCUT2D eigenvalue weighted by Gasteiger charge is -2.46. The first-order valence-electron chi connectivity index (χ1n) is 14.2. The molecule has 3 aromatic rings. The van der Waals surface area contributed by atoms with Crippen molar-refractivity contribution in [3.63, 3.8) is 0 Å². The van der Waals surface area contributed by atoms with E-state index in [2.05, 4.69) is 71.0 Å². The highest BCUT2D eigenvalue weighted by molar-refractivity contribution is 5.76. The molecule has 0 radical (unpaired) electrons. The summed E-state index contributed by atoms with van der Waals surface area (Å²) in [5, 5.41) is 0. The third-order valence-corrected chi connectivity index (χ3v) is 9.61. The standard InChI is InChI=1S/C31H41N5O/c1-23-32-28-11-7-8-12-29(28)36(23)27-21-25-13-14-26(22-27)35(25)20-17-31(24-9-5-4-6-10-24)15-18-34(19-16-31)30(37)33(2)3/h4-12,25-27H,13-22H2,1-3H3/t25-,26+,27?. The van der Waals surface area contributed by atoms with Crippen molar-refractivity contribution in [2.75, 3.05) is 33.7 Å². The van der Waals surface area contributed by atoms with Crippen molar-refractivity contribution in [3.8, 4) is 0 Å². The van der Waals surface area contributed by atoms with Crippen molar-refractivity contribution >= 4 is 17.1 Å². The third-order valence-electron chi connectivity index (χ3n) is 9.61. The molecule has 2 bridgehead atoms. The van der Waals surface area contributed by atoms with E-state index in [9.17, 15) is 4.79 Å². The number of likely N-dealkylation sites (tertiary alicyclic amines) is 1. The largest absolute Gasteiger partial charge is 0.331 e. The summed E-state index contributed by atoms with van der Waals surface area (Å²) in [6, 6.07) is 21.7. The number of nitrogens with zero attached hydrogens (tertiary/aromatic N) is 5. The van der Waals surface area contributed by atoms with E-state index in [1.807, 2.05) is 19.0 Å². The van der Waals surface area contributed by atoms with Crippen LogP contribution in [0.15, 0.2) is 54.6 Å². The summed E-state index contributed by atoms with van der Waals surface area (Å²) >= 11 is 0. The maximum Gasteiger partial charge on any atom is 0.319 e. The van der Waals surface area contributed by atoms with Crippen LogP contribution in [0, 0.1) is 6.92 Å². The van der Waals surface area contributed by atoms with Gasteiger partial charge in [0.25, 0.3) is 0 Å². The molecular formula is C31H41N5O. The van der Waals surface area contributed by atoms with Crippen LogP contribution in [0.5, 0.6) is 0 Å². The molecule has 0 spiro atoms. The van der Waals surface area contributed by atoms with Crippen LogP contribution in [0.1, 0.15) is 62.4 Å². The minimum Gasteiger partial charge on any atom is -0.331 e. The lowest BCUT2D eigenvalue weighted by Crippen LogP contribution is -2.50. The van der Waals surface area contributed by atoms with Gasteiger partial charge in [0.15, 0.2) is 0 Å². The quantitative estimate of drug-likeness (QED) is 0.458.